The number of rotatable bonds is 7. The maximum absolute atomic E-state index is 13.3. The normalized spacial score (nSPS) is 10.4. The van der Waals surface area contributed by atoms with E-state index in [1.165, 1.54) is 0 Å². The molecule has 0 spiro atoms. The molecule has 0 saturated heterocycles. The summed E-state index contributed by atoms with van der Waals surface area (Å²) in [7, 11) is 3.12. The van der Waals surface area contributed by atoms with Crippen LogP contribution in [0.15, 0.2) is 71.3 Å². The smallest absolute Gasteiger partial charge is 0.258 e. The largest absolute Gasteiger partial charge is 0.497 e. The van der Waals surface area contributed by atoms with Crippen molar-refractivity contribution in [2.75, 3.05) is 14.2 Å². The monoisotopic (exact) mass is 351 g/mol. The van der Waals surface area contributed by atoms with E-state index in [-0.39, 0.29) is 5.91 Å². The van der Waals surface area contributed by atoms with E-state index in [9.17, 15) is 4.79 Å². The zero-order chi connectivity index (χ0) is 18.4. The fourth-order valence-corrected chi connectivity index (χ4v) is 2.75. The Morgan fingerprint density at radius 2 is 1.77 bits per heavy atom. The number of nitrogens with zero attached hydrogens (tertiary/aromatic N) is 1. The molecule has 0 aliphatic heterocycles. The van der Waals surface area contributed by atoms with E-state index in [0.717, 1.165) is 11.3 Å². The third-order valence-corrected chi connectivity index (χ3v) is 4.07. The minimum atomic E-state index is -0.152. The summed E-state index contributed by atoms with van der Waals surface area (Å²) in [4.78, 5) is 15.0. The standard InChI is InChI=1S/C21H21NO4/c1-24-17-10-11-20(25-2)19(13-17)21(23)22(15-18-9-6-12-26-18)14-16-7-4-3-5-8-16/h3-13H,14-15H2,1-2H3. The van der Waals surface area contributed by atoms with Crippen molar-refractivity contribution in [3.8, 4) is 11.5 Å². The number of methoxy groups -OCH3 is 2. The Bertz CT molecular complexity index is 844. The average molecular weight is 351 g/mol. The molecule has 0 saturated carbocycles. The molecule has 0 atom stereocenters. The van der Waals surface area contributed by atoms with Crippen LogP contribution < -0.4 is 9.47 Å². The summed E-state index contributed by atoms with van der Waals surface area (Å²) in [5, 5.41) is 0. The quantitative estimate of drug-likeness (QED) is 0.642. The second-order valence-corrected chi connectivity index (χ2v) is 5.79. The number of furan rings is 1. The van der Waals surface area contributed by atoms with E-state index < -0.39 is 0 Å². The molecule has 5 nitrogen and oxygen atoms in total. The van der Waals surface area contributed by atoms with Crippen molar-refractivity contribution in [1.29, 1.82) is 0 Å². The van der Waals surface area contributed by atoms with Crippen LogP contribution >= 0.6 is 0 Å². The molecule has 0 radical (unpaired) electrons. The second-order valence-electron chi connectivity index (χ2n) is 5.79. The van der Waals surface area contributed by atoms with Gasteiger partial charge in [-0.15, -0.1) is 0 Å². The highest BCUT2D eigenvalue weighted by Gasteiger charge is 2.22. The van der Waals surface area contributed by atoms with Gasteiger partial charge in [-0.3, -0.25) is 4.79 Å². The van der Waals surface area contributed by atoms with E-state index >= 15 is 0 Å². The molecule has 1 amide bonds. The van der Waals surface area contributed by atoms with Gasteiger partial charge in [0.15, 0.2) is 0 Å². The Balaban J connectivity index is 1.93. The van der Waals surface area contributed by atoms with Gasteiger partial charge >= 0.3 is 0 Å². The Morgan fingerprint density at radius 1 is 0.962 bits per heavy atom. The highest BCUT2D eigenvalue weighted by Crippen LogP contribution is 2.26. The lowest BCUT2D eigenvalue weighted by Gasteiger charge is -2.23. The summed E-state index contributed by atoms with van der Waals surface area (Å²) in [6, 6.07) is 18.7. The molecule has 2 aromatic carbocycles. The highest BCUT2D eigenvalue weighted by atomic mass is 16.5. The lowest BCUT2D eigenvalue weighted by molar-refractivity contribution is 0.0714. The molecule has 26 heavy (non-hydrogen) atoms. The second kappa shape index (κ2) is 8.25. The molecule has 0 aliphatic carbocycles. The summed E-state index contributed by atoms with van der Waals surface area (Å²) in [6.07, 6.45) is 1.60. The molecule has 5 heteroatoms. The average Bonchev–Trinajstić information content (AvgIpc) is 3.20. The number of amides is 1. The van der Waals surface area contributed by atoms with Crippen LogP contribution in [0.4, 0.5) is 0 Å². The van der Waals surface area contributed by atoms with Crippen molar-refractivity contribution in [2.24, 2.45) is 0 Å². The van der Waals surface area contributed by atoms with Crippen molar-refractivity contribution in [3.63, 3.8) is 0 Å². The molecule has 1 heterocycles. The molecular weight excluding hydrogens is 330 g/mol. The van der Waals surface area contributed by atoms with Crippen molar-refractivity contribution in [1.82, 2.24) is 4.90 Å². The molecule has 0 bridgehead atoms. The van der Waals surface area contributed by atoms with Gasteiger partial charge < -0.3 is 18.8 Å². The van der Waals surface area contributed by atoms with E-state index in [4.69, 9.17) is 13.9 Å². The van der Waals surface area contributed by atoms with E-state index in [1.807, 2.05) is 42.5 Å². The number of benzene rings is 2. The first-order chi connectivity index (χ1) is 12.7. The molecule has 0 unspecified atom stereocenters. The molecule has 3 rings (SSSR count). The zero-order valence-electron chi connectivity index (χ0n) is 14.8. The molecule has 3 aromatic rings. The lowest BCUT2D eigenvalue weighted by Crippen LogP contribution is -2.30. The molecule has 1 aromatic heterocycles. The number of hydrogen-bond acceptors (Lipinski definition) is 4. The van der Waals surface area contributed by atoms with Gasteiger partial charge in [0.1, 0.15) is 17.3 Å². The Kier molecular flexibility index (Phi) is 5.59. The first-order valence-electron chi connectivity index (χ1n) is 8.29. The van der Waals surface area contributed by atoms with Crippen molar-refractivity contribution in [2.45, 2.75) is 13.1 Å². The van der Waals surface area contributed by atoms with Crippen LogP contribution in [0, 0.1) is 0 Å². The van der Waals surface area contributed by atoms with Gasteiger partial charge in [-0.2, -0.15) is 0 Å². The van der Waals surface area contributed by atoms with Crippen LogP contribution in [0.25, 0.3) is 0 Å². The Morgan fingerprint density at radius 3 is 2.42 bits per heavy atom. The fraction of sp³-hybridized carbons (Fsp3) is 0.190. The van der Waals surface area contributed by atoms with E-state index in [2.05, 4.69) is 0 Å². The minimum Gasteiger partial charge on any atom is -0.497 e. The predicted molar refractivity (Wildman–Crippen MR) is 98.3 cm³/mol. The number of ether oxygens (including phenoxy) is 2. The maximum atomic E-state index is 13.3. The predicted octanol–water partition coefficient (Wildman–Crippen LogP) is 4.14. The topological polar surface area (TPSA) is 51.9 Å². The lowest BCUT2D eigenvalue weighted by atomic mass is 10.1. The number of carbonyl (C=O) groups is 1. The summed E-state index contributed by atoms with van der Waals surface area (Å²) in [6.45, 7) is 0.821. The summed E-state index contributed by atoms with van der Waals surface area (Å²) >= 11 is 0. The summed E-state index contributed by atoms with van der Waals surface area (Å²) in [5.74, 6) is 1.68. The molecular formula is C21H21NO4. The van der Waals surface area contributed by atoms with Crippen LogP contribution in [0.1, 0.15) is 21.7 Å². The van der Waals surface area contributed by atoms with Crippen molar-refractivity contribution in [3.05, 3.63) is 83.8 Å². The first kappa shape index (κ1) is 17.6. The van der Waals surface area contributed by atoms with Gasteiger partial charge in [0.2, 0.25) is 0 Å². The van der Waals surface area contributed by atoms with Gasteiger partial charge in [-0.05, 0) is 35.9 Å². The summed E-state index contributed by atoms with van der Waals surface area (Å²) in [5.41, 5.74) is 1.49. The summed E-state index contributed by atoms with van der Waals surface area (Å²) < 4.78 is 16.1. The SMILES string of the molecule is COc1ccc(OC)c(C(=O)N(Cc2ccccc2)Cc2ccco2)c1. The fourth-order valence-electron chi connectivity index (χ4n) is 2.75. The third-order valence-electron chi connectivity index (χ3n) is 4.07. The van der Waals surface area contributed by atoms with Gasteiger partial charge in [0.25, 0.3) is 5.91 Å². The van der Waals surface area contributed by atoms with Crippen LogP contribution in [0.5, 0.6) is 11.5 Å². The number of carbonyl (C=O) groups excluding carboxylic acids is 1. The third kappa shape index (κ3) is 4.06. The highest BCUT2D eigenvalue weighted by molar-refractivity contribution is 5.97. The Hall–Kier alpha value is -3.21. The van der Waals surface area contributed by atoms with Crippen LogP contribution in [-0.2, 0) is 13.1 Å². The van der Waals surface area contributed by atoms with E-state index in [1.54, 1.807) is 43.6 Å². The molecule has 134 valence electrons. The van der Waals surface area contributed by atoms with Gasteiger partial charge in [0, 0.05) is 6.54 Å². The molecule has 0 fully saturated rings. The van der Waals surface area contributed by atoms with Crippen molar-refractivity contribution < 1.29 is 18.7 Å². The number of hydrogen-bond donors (Lipinski definition) is 0. The molecule has 0 N–H and O–H groups in total. The van der Waals surface area contributed by atoms with Crippen molar-refractivity contribution >= 4 is 5.91 Å². The molecule has 0 aliphatic rings. The minimum absolute atomic E-state index is 0.152. The van der Waals surface area contributed by atoms with Gasteiger partial charge in [0.05, 0.1) is 32.6 Å². The van der Waals surface area contributed by atoms with E-state index in [0.29, 0.717) is 30.2 Å². The van der Waals surface area contributed by atoms with Crippen LogP contribution in [0.2, 0.25) is 0 Å². The van der Waals surface area contributed by atoms with Gasteiger partial charge in [-0.1, -0.05) is 30.3 Å². The Labute approximate surface area is 152 Å². The first-order valence-corrected chi connectivity index (χ1v) is 8.29. The van der Waals surface area contributed by atoms with Gasteiger partial charge in [-0.25, -0.2) is 0 Å². The van der Waals surface area contributed by atoms with Crippen LogP contribution in [0.3, 0.4) is 0 Å². The van der Waals surface area contributed by atoms with Crippen LogP contribution in [-0.4, -0.2) is 25.0 Å². The zero-order valence-corrected chi connectivity index (χ0v) is 14.8. The maximum Gasteiger partial charge on any atom is 0.258 e.